The van der Waals surface area contributed by atoms with Crippen LogP contribution in [0.1, 0.15) is 27.8 Å². The third-order valence-electron chi connectivity index (χ3n) is 3.63. The van der Waals surface area contributed by atoms with Gasteiger partial charge in [-0.2, -0.15) is 0 Å². The van der Waals surface area contributed by atoms with Gasteiger partial charge < -0.3 is 5.32 Å². The second-order valence-corrected chi connectivity index (χ2v) is 5.15. The van der Waals surface area contributed by atoms with E-state index in [1.54, 1.807) is 6.07 Å². The van der Waals surface area contributed by atoms with Gasteiger partial charge in [-0.05, 0) is 61.6 Å². The maximum absolute atomic E-state index is 13.7. The van der Waals surface area contributed by atoms with Crippen LogP contribution >= 0.6 is 0 Å². The highest BCUT2D eigenvalue weighted by molar-refractivity contribution is 5.52. The van der Waals surface area contributed by atoms with Gasteiger partial charge in [0.1, 0.15) is 5.82 Å². The van der Waals surface area contributed by atoms with Crippen molar-refractivity contribution in [3.8, 4) is 0 Å². The van der Waals surface area contributed by atoms with E-state index in [1.807, 2.05) is 13.0 Å². The average molecular weight is 257 g/mol. The zero-order chi connectivity index (χ0) is 14.0. The lowest BCUT2D eigenvalue weighted by Gasteiger charge is -2.14. The van der Waals surface area contributed by atoms with E-state index in [2.05, 4.69) is 38.2 Å². The Kier molecular flexibility index (Phi) is 3.89. The lowest BCUT2D eigenvalue weighted by atomic mass is 10.0. The topological polar surface area (TPSA) is 12.0 Å². The Hall–Kier alpha value is -1.83. The van der Waals surface area contributed by atoms with Gasteiger partial charge in [0.25, 0.3) is 0 Å². The minimum absolute atomic E-state index is 0.193. The highest BCUT2D eigenvalue weighted by atomic mass is 19.1. The van der Waals surface area contributed by atoms with Crippen LogP contribution in [-0.4, -0.2) is 0 Å². The van der Waals surface area contributed by atoms with Crippen LogP contribution in [-0.2, 0) is 6.54 Å². The Morgan fingerprint density at radius 1 is 0.895 bits per heavy atom. The van der Waals surface area contributed by atoms with E-state index in [1.165, 1.54) is 28.3 Å². The zero-order valence-corrected chi connectivity index (χ0v) is 12.0. The van der Waals surface area contributed by atoms with Crippen LogP contribution in [0.4, 0.5) is 10.1 Å². The number of aryl methyl sites for hydroxylation is 4. The predicted molar refractivity (Wildman–Crippen MR) is 79.1 cm³/mol. The summed E-state index contributed by atoms with van der Waals surface area (Å²) in [7, 11) is 0. The molecule has 0 aliphatic rings. The molecule has 0 atom stereocenters. The second-order valence-electron chi connectivity index (χ2n) is 5.15. The van der Waals surface area contributed by atoms with Crippen LogP contribution in [0.5, 0.6) is 0 Å². The summed E-state index contributed by atoms with van der Waals surface area (Å²) >= 11 is 0. The second kappa shape index (κ2) is 5.43. The molecule has 1 nitrogen and oxygen atoms in total. The van der Waals surface area contributed by atoms with Crippen molar-refractivity contribution < 1.29 is 4.39 Å². The normalized spacial score (nSPS) is 10.6. The van der Waals surface area contributed by atoms with Crippen molar-refractivity contribution >= 4 is 5.69 Å². The molecule has 100 valence electrons. The number of nitrogens with one attached hydrogen (secondary N) is 1. The van der Waals surface area contributed by atoms with Gasteiger partial charge in [0.15, 0.2) is 0 Å². The van der Waals surface area contributed by atoms with Crippen molar-refractivity contribution in [1.82, 2.24) is 0 Å². The smallest absolute Gasteiger partial charge is 0.146 e. The molecular weight excluding hydrogens is 237 g/mol. The minimum Gasteiger partial charge on any atom is -0.378 e. The molecule has 2 aromatic rings. The monoisotopic (exact) mass is 257 g/mol. The summed E-state index contributed by atoms with van der Waals surface area (Å²) in [4.78, 5) is 0. The summed E-state index contributed by atoms with van der Waals surface area (Å²) in [5.41, 5.74) is 6.55. The van der Waals surface area contributed by atoms with Crippen molar-refractivity contribution in [1.29, 1.82) is 0 Å². The van der Waals surface area contributed by atoms with Crippen molar-refractivity contribution in [2.75, 3.05) is 5.32 Å². The summed E-state index contributed by atoms with van der Waals surface area (Å²) < 4.78 is 13.7. The fraction of sp³-hybridized carbons (Fsp3) is 0.294. The molecule has 0 unspecified atom stereocenters. The number of benzene rings is 2. The molecule has 1 N–H and O–H groups in total. The van der Waals surface area contributed by atoms with Gasteiger partial charge in [0.2, 0.25) is 0 Å². The predicted octanol–water partition coefficient (Wildman–Crippen LogP) is 4.67. The van der Waals surface area contributed by atoms with Crippen molar-refractivity contribution in [2.24, 2.45) is 0 Å². The van der Waals surface area contributed by atoms with Crippen molar-refractivity contribution in [3.05, 3.63) is 64.0 Å². The summed E-state index contributed by atoms with van der Waals surface area (Å²) in [6.07, 6.45) is 0. The van der Waals surface area contributed by atoms with Crippen LogP contribution in [0.25, 0.3) is 0 Å². The molecule has 0 aliphatic heterocycles. The highest BCUT2D eigenvalue weighted by Gasteiger charge is 2.06. The molecule has 19 heavy (non-hydrogen) atoms. The van der Waals surface area contributed by atoms with Gasteiger partial charge in [0.05, 0.1) is 5.69 Å². The molecule has 2 heteroatoms. The van der Waals surface area contributed by atoms with Gasteiger partial charge in [-0.15, -0.1) is 0 Å². The summed E-state index contributed by atoms with van der Waals surface area (Å²) in [5, 5.41) is 3.21. The summed E-state index contributed by atoms with van der Waals surface area (Å²) in [5.74, 6) is -0.193. The Balaban J connectivity index is 2.22. The fourth-order valence-corrected chi connectivity index (χ4v) is 2.25. The quantitative estimate of drug-likeness (QED) is 0.842. The van der Waals surface area contributed by atoms with E-state index in [9.17, 15) is 4.39 Å². The SMILES string of the molecule is Cc1cc(C)c(CNc2c(C)cccc2F)cc1C. The lowest BCUT2D eigenvalue weighted by molar-refractivity contribution is 0.629. The first kappa shape index (κ1) is 13.6. The lowest BCUT2D eigenvalue weighted by Crippen LogP contribution is -2.05. The highest BCUT2D eigenvalue weighted by Crippen LogP contribution is 2.21. The molecule has 0 aromatic heterocycles. The van der Waals surface area contributed by atoms with Crippen LogP contribution in [0.15, 0.2) is 30.3 Å². The largest absolute Gasteiger partial charge is 0.378 e. The first-order chi connectivity index (χ1) is 8.99. The fourth-order valence-electron chi connectivity index (χ4n) is 2.25. The number of hydrogen-bond acceptors (Lipinski definition) is 1. The maximum Gasteiger partial charge on any atom is 0.146 e. The molecular formula is C17H20FN. The minimum atomic E-state index is -0.193. The third-order valence-corrected chi connectivity index (χ3v) is 3.63. The summed E-state index contributed by atoms with van der Waals surface area (Å²) in [6, 6.07) is 9.49. The van der Waals surface area contributed by atoms with E-state index in [0.717, 1.165) is 5.56 Å². The Morgan fingerprint density at radius 2 is 1.58 bits per heavy atom. The molecule has 2 aromatic carbocycles. The van der Waals surface area contributed by atoms with Crippen molar-refractivity contribution in [2.45, 2.75) is 34.2 Å². The molecule has 0 saturated heterocycles. The number of hydrogen-bond donors (Lipinski definition) is 1. The van der Waals surface area contributed by atoms with Gasteiger partial charge in [-0.1, -0.05) is 24.3 Å². The Bertz CT molecular complexity index is 582. The van der Waals surface area contributed by atoms with E-state index in [-0.39, 0.29) is 5.82 Å². The number of para-hydroxylation sites is 1. The number of halogens is 1. The van der Waals surface area contributed by atoms with Crippen LogP contribution in [0, 0.1) is 33.5 Å². The number of rotatable bonds is 3. The molecule has 0 bridgehead atoms. The van der Waals surface area contributed by atoms with Crippen LogP contribution in [0.3, 0.4) is 0 Å². The van der Waals surface area contributed by atoms with E-state index in [0.29, 0.717) is 12.2 Å². The van der Waals surface area contributed by atoms with E-state index >= 15 is 0 Å². The van der Waals surface area contributed by atoms with Gasteiger partial charge in [-0.3, -0.25) is 0 Å². The van der Waals surface area contributed by atoms with E-state index in [4.69, 9.17) is 0 Å². The van der Waals surface area contributed by atoms with Crippen LogP contribution in [0.2, 0.25) is 0 Å². The Morgan fingerprint density at radius 3 is 2.26 bits per heavy atom. The molecule has 0 fully saturated rings. The van der Waals surface area contributed by atoms with Crippen molar-refractivity contribution in [3.63, 3.8) is 0 Å². The van der Waals surface area contributed by atoms with E-state index < -0.39 is 0 Å². The van der Waals surface area contributed by atoms with Gasteiger partial charge >= 0.3 is 0 Å². The van der Waals surface area contributed by atoms with Gasteiger partial charge in [-0.25, -0.2) is 4.39 Å². The standard InChI is InChI=1S/C17H20FN/c1-11-6-5-7-16(18)17(11)19-10-15-9-13(3)12(2)8-14(15)4/h5-9,19H,10H2,1-4H3. The first-order valence-electron chi connectivity index (χ1n) is 6.54. The zero-order valence-electron chi connectivity index (χ0n) is 12.0. The molecule has 0 aliphatic carbocycles. The average Bonchev–Trinajstić information content (AvgIpc) is 2.34. The van der Waals surface area contributed by atoms with Gasteiger partial charge in [0, 0.05) is 6.54 Å². The molecule has 0 saturated carbocycles. The first-order valence-corrected chi connectivity index (χ1v) is 6.54. The molecule has 0 radical (unpaired) electrons. The third kappa shape index (κ3) is 2.95. The molecule has 2 rings (SSSR count). The molecule has 0 amide bonds. The maximum atomic E-state index is 13.7. The van der Waals surface area contributed by atoms with Crippen LogP contribution < -0.4 is 5.32 Å². The number of anilines is 1. The summed E-state index contributed by atoms with van der Waals surface area (Å²) in [6.45, 7) is 8.87. The molecule has 0 heterocycles. The molecule has 0 spiro atoms. The Labute approximate surface area is 114 Å².